The van der Waals surface area contributed by atoms with Crippen LogP contribution in [0.3, 0.4) is 0 Å². The number of imide groups is 1. The second-order valence-electron chi connectivity index (χ2n) is 8.16. The highest BCUT2D eigenvalue weighted by atomic mass is 32.2. The summed E-state index contributed by atoms with van der Waals surface area (Å²) in [5, 5.41) is -0.577. The van der Waals surface area contributed by atoms with Crippen molar-refractivity contribution in [3.63, 3.8) is 0 Å². The number of thioether (sulfide) groups is 1. The largest absolute Gasteiger partial charge is 0.467 e. The highest BCUT2D eigenvalue weighted by Crippen LogP contribution is 2.44. The minimum Gasteiger partial charge on any atom is -0.467 e. The van der Waals surface area contributed by atoms with Crippen molar-refractivity contribution in [1.29, 1.82) is 0 Å². The summed E-state index contributed by atoms with van der Waals surface area (Å²) >= 11 is 0.694. The first-order chi connectivity index (χ1) is 13.5. The van der Waals surface area contributed by atoms with Crippen LogP contribution in [0.25, 0.3) is 6.08 Å². The van der Waals surface area contributed by atoms with Crippen LogP contribution in [0.4, 0.5) is 14.9 Å². The number of fused-ring (bicyclic) bond motifs is 1. The van der Waals surface area contributed by atoms with Gasteiger partial charge in [-0.3, -0.25) is 14.5 Å². The summed E-state index contributed by atoms with van der Waals surface area (Å²) in [5.41, 5.74) is 1.99. The molecule has 8 heteroatoms. The van der Waals surface area contributed by atoms with E-state index < -0.39 is 29.0 Å². The Hall–Kier alpha value is -2.35. The van der Waals surface area contributed by atoms with Crippen molar-refractivity contribution in [3.05, 3.63) is 34.0 Å². The first-order valence-corrected chi connectivity index (χ1v) is 10.2. The Morgan fingerprint density at radius 3 is 2.66 bits per heavy atom. The molecule has 0 aromatic heterocycles. The van der Waals surface area contributed by atoms with Crippen molar-refractivity contribution in [2.75, 3.05) is 19.1 Å². The Bertz CT molecular complexity index is 928. The van der Waals surface area contributed by atoms with E-state index in [1.54, 1.807) is 6.07 Å². The van der Waals surface area contributed by atoms with E-state index in [0.717, 1.165) is 22.6 Å². The summed E-state index contributed by atoms with van der Waals surface area (Å²) in [7, 11) is 3.14. The standard InChI is InChI=1S/C21H25FN2O4S/c1-11-10-21(3,4)23(5)16-9-15(22)13(7-14(11)16)8-17-18(25)24(20(27)29-17)12(2)19(26)28-6/h7-9,11-12H,10H2,1-6H3/b17-8-. The Labute approximate surface area is 174 Å². The van der Waals surface area contributed by atoms with Crippen LogP contribution >= 0.6 is 11.8 Å². The number of methoxy groups -OCH3 is 1. The van der Waals surface area contributed by atoms with E-state index in [0.29, 0.717) is 11.8 Å². The van der Waals surface area contributed by atoms with Gasteiger partial charge in [0.05, 0.1) is 12.0 Å². The summed E-state index contributed by atoms with van der Waals surface area (Å²) < 4.78 is 19.5. The first kappa shape index (κ1) is 21.4. The van der Waals surface area contributed by atoms with Crippen molar-refractivity contribution >= 4 is 40.6 Å². The fraction of sp³-hybridized carbons (Fsp3) is 0.476. The molecule has 0 aliphatic carbocycles. The van der Waals surface area contributed by atoms with Crippen LogP contribution in [0.15, 0.2) is 17.0 Å². The minimum absolute atomic E-state index is 0.0850. The van der Waals surface area contributed by atoms with E-state index in [4.69, 9.17) is 0 Å². The third-order valence-electron chi connectivity index (χ3n) is 5.79. The summed E-state index contributed by atoms with van der Waals surface area (Å²) in [5.74, 6) is -1.55. The molecule has 2 unspecified atom stereocenters. The zero-order chi connectivity index (χ0) is 21.7. The molecule has 0 N–H and O–H groups in total. The Morgan fingerprint density at radius 2 is 2.03 bits per heavy atom. The van der Waals surface area contributed by atoms with Crippen LogP contribution in [0, 0.1) is 5.82 Å². The molecule has 0 radical (unpaired) electrons. The van der Waals surface area contributed by atoms with Crippen LogP contribution in [0.2, 0.25) is 0 Å². The van der Waals surface area contributed by atoms with Crippen LogP contribution in [0.1, 0.15) is 51.2 Å². The molecule has 2 amide bonds. The van der Waals surface area contributed by atoms with Gasteiger partial charge in [0.1, 0.15) is 11.9 Å². The number of hydrogen-bond donors (Lipinski definition) is 0. The van der Waals surface area contributed by atoms with Gasteiger partial charge >= 0.3 is 5.97 Å². The SMILES string of the molecule is COC(=O)C(C)N1C(=O)S/C(=C\c2cc3c(cc2F)N(C)C(C)(C)CC3C)C1=O. The van der Waals surface area contributed by atoms with E-state index in [9.17, 15) is 18.8 Å². The first-order valence-electron chi connectivity index (χ1n) is 9.40. The molecule has 0 bridgehead atoms. The van der Waals surface area contributed by atoms with Crippen molar-refractivity contribution in [2.45, 2.75) is 51.6 Å². The quantitative estimate of drug-likeness (QED) is 0.541. The zero-order valence-corrected chi connectivity index (χ0v) is 18.2. The van der Waals surface area contributed by atoms with Crippen LogP contribution in [0.5, 0.6) is 0 Å². The second kappa shape index (κ2) is 7.48. The van der Waals surface area contributed by atoms with Gasteiger partial charge in [0.25, 0.3) is 11.1 Å². The maximum Gasteiger partial charge on any atom is 0.328 e. The van der Waals surface area contributed by atoms with Gasteiger partial charge in [0, 0.05) is 23.8 Å². The van der Waals surface area contributed by atoms with E-state index in [1.165, 1.54) is 26.2 Å². The number of halogens is 1. The van der Waals surface area contributed by atoms with Gasteiger partial charge in [0.2, 0.25) is 0 Å². The molecule has 2 atom stereocenters. The second-order valence-corrected chi connectivity index (χ2v) is 9.15. The Kier molecular flexibility index (Phi) is 5.51. The third kappa shape index (κ3) is 3.66. The lowest BCUT2D eigenvalue weighted by atomic mass is 9.80. The lowest BCUT2D eigenvalue weighted by molar-refractivity contribution is -0.148. The Morgan fingerprint density at radius 1 is 1.38 bits per heavy atom. The molecule has 1 aromatic carbocycles. The molecule has 29 heavy (non-hydrogen) atoms. The van der Waals surface area contributed by atoms with E-state index in [-0.39, 0.29) is 21.9 Å². The fourth-order valence-electron chi connectivity index (χ4n) is 3.95. The van der Waals surface area contributed by atoms with Crippen molar-refractivity contribution in [2.24, 2.45) is 0 Å². The number of anilines is 1. The monoisotopic (exact) mass is 420 g/mol. The molecular formula is C21H25FN2O4S. The molecule has 1 aromatic rings. The number of nitrogens with zero attached hydrogens (tertiary/aromatic N) is 2. The van der Waals surface area contributed by atoms with Crippen molar-refractivity contribution in [1.82, 2.24) is 4.90 Å². The van der Waals surface area contributed by atoms with Gasteiger partial charge in [-0.25, -0.2) is 9.18 Å². The highest BCUT2D eigenvalue weighted by molar-refractivity contribution is 8.18. The molecule has 0 spiro atoms. The molecule has 0 saturated carbocycles. The lowest BCUT2D eigenvalue weighted by Gasteiger charge is -2.45. The van der Waals surface area contributed by atoms with Gasteiger partial charge < -0.3 is 9.64 Å². The minimum atomic E-state index is -1.04. The number of rotatable bonds is 3. The molecule has 2 aliphatic heterocycles. The van der Waals surface area contributed by atoms with E-state index >= 15 is 0 Å². The van der Waals surface area contributed by atoms with Gasteiger partial charge in [-0.05, 0) is 68.6 Å². The van der Waals surface area contributed by atoms with Gasteiger partial charge in [-0.2, -0.15) is 0 Å². The van der Waals surface area contributed by atoms with Gasteiger partial charge in [-0.15, -0.1) is 0 Å². The number of amides is 2. The molecule has 156 valence electrons. The fourth-order valence-corrected chi connectivity index (χ4v) is 4.85. The van der Waals surface area contributed by atoms with Crippen LogP contribution in [-0.4, -0.2) is 47.8 Å². The molecule has 1 fully saturated rings. The van der Waals surface area contributed by atoms with Crippen molar-refractivity contribution < 1.29 is 23.5 Å². The summed E-state index contributed by atoms with van der Waals surface area (Å²) in [6.45, 7) is 7.76. The number of carbonyl (C=O) groups is 3. The summed E-state index contributed by atoms with van der Waals surface area (Å²) in [4.78, 5) is 39.6. The molecule has 1 saturated heterocycles. The number of hydrogen-bond acceptors (Lipinski definition) is 6. The number of carbonyl (C=O) groups excluding carboxylic acids is 3. The number of esters is 1. The van der Waals surface area contributed by atoms with Crippen LogP contribution in [-0.2, 0) is 14.3 Å². The smallest absolute Gasteiger partial charge is 0.328 e. The number of benzene rings is 1. The van der Waals surface area contributed by atoms with E-state index in [1.807, 2.05) is 7.05 Å². The molecule has 2 aliphatic rings. The molecule has 2 heterocycles. The van der Waals surface area contributed by atoms with Gasteiger partial charge in [0.15, 0.2) is 0 Å². The van der Waals surface area contributed by atoms with Crippen molar-refractivity contribution in [3.8, 4) is 0 Å². The number of ether oxygens (including phenoxy) is 1. The van der Waals surface area contributed by atoms with Gasteiger partial charge in [-0.1, -0.05) is 6.92 Å². The molecule has 3 rings (SSSR count). The predicted molar refractivity (Wildman–Crippen MR) is 111 cm³/mol. The third-order valence-corrected chi connectivity index (χ3v) is 6.68. The normalized spacial score (nSPS) is 23.4. The topological polar surface area (TPSA) is 66.9 Å². The molecular weight excluding hydrogens is 395 g/mol. The zero-order valence-electron chi connectivity index (χ0n) is 17.4. The van der Waals surface area contributed by atoms with Crippen LogP contribution < -0.4 is 4.90 Å². The predicted octanol–water partition coefficient (Wildman–Crippen LogP) is 4.15. The molecule has 6 nitrogen and oxygen atoms in total. The summed E-state index contributed by atoms with van der Waals surface area (Å²) in [6, 6.07) is 2.20. The Balaban J connectivity index is 1.98. The maximum absolute atomic E-state index is 14.9. The highest BCUT2D eigenvalue weighted by Gasteiger charge is 2.41. The lowest BCUT2D eigenvalue weighted by Crippen LogP contribution is -2.45. The van der Waals surface area contributed by atoms with E-state index in [2.05, 4.69) is 30.4 Å². The maximum atomic E-state index is 14.9. The average Bonchev–Trinajstić information content (AvgIpc) is 2.92. The summed E-state index contributed by atoms with van der Waals surface area (Å²) in [6.07, 6.45) is 2.30. The average molecular weight is 421 g/mol.